The summed E-state index contributed by atoms with van der Waals surface area (Å²) in [6, 6.07) is 5.53. The first kappa shape index (κ1) is 17.4. The van der Waals surface area contributed by atoms with Gasteiger partial charge in [-0.25, -0.2) is 4.39 Å². The lowest BCUT2D eigenvalue weighted by Crippen LogP contribution is -2.28. The van der Waals surface area contributed by atoms with Crippen LogP contribution in [-0.4, -0.2) is 9.55 Å². The fourth-order valence-corrected chi connectivity index (χ4v) is 2.84. The van der Waals surface area contributed by atoms with E-state index in [9.17, 15) is 9.18 Å². The lowest BCUT2D eigenvalue weighted by atomic mass is 9.96. The third kappa shape index (κ3) is 3.87. The molecule has 2 heterocycles. The Balaban J connectivity index is 2.42. The zero-order valence-electron chi connectivity index (χ0n) is 14.4. The van der Waals surface area contributed by atoms with Gasteiger partial charge < -0.3 is 4.57 Å². The molecule has 0 aliphatic carbocycles. The summed E-state index contributed by atoms with van der Waals surface area (Å²) in [7, 11) is 0. The van der Waals surface area contributed by atoms with Gasteiger partial charge in [0.1, 0.15) is 6.67 Å². The number of rotatable bonds is 6. The van der Waals surface area contributed by atoms with Crippen LogP contribution in [0.25, 0.3) is 0 Å². The van der Waals surface area contributed by atoms with Crippen LogP contribution in [0.15, 0.2) is 29.2 Å². The van der Waals surface area contributed by atoms with E-state index in [2.05, 4.69) is 18.8 Å². The first-order valence-electron chi connectivity index (χ1n) is 8.18. The number of hydrogen-bond donors (Lipinski definition) is 0. The average molecular weight is 316 g/mol. The maximum atomic E-state index is 12.9. The molecule has 2 aromatic heterocycles. The summed E-state index contributed by atoms with van der Waals surface area (Å²) in [5.41, 5.74) is 4.33. The average Bonchev–Trinajstić information content (AvgIpc) is 2.55. The summed E-state index contributed by atoms with van der Waals surface area (Å²) in [6.45, 7) is 8.13. The second kappa shape index (κ2) is 7.53. The maximum Gasteiger partial charge on any atom is 0.254 e. The van der Waals surface area contributed by atoms with Gasteiger partial charge >= 0.3 is 0 Å². The van der Waals surface area contributed by atoms with Gasteiger partial charge in [-0.3, -0.25) is 9.78 Å². The van der Waals surface area contributed by atoms with E-state index >= 15 is 0 Å². The van der Waals surface area contributed by atoms with Crippen LogP contribution in [0, 0.1) is 13.8 Å². The highest BCUT2D eigenvalue weighted by atomic mass is 19.1. The molecule has 0 N–H and O–H groups in total. The summed E-state index contributed by atoms with van der Waals surface area (Å²) in [6.07, 6.45) is 3.59. The van der Waals surface area contributed by atoms with Crippen LogP contribution in [0.4, 0.5) is 4.39 Å². The highest BCUT2D eigenvalue weighted by Gasteiger charge is 2.15. The molecular formula is C19H25FN2O. The Morgan fingerprint density at radius 1 is 1.30 bits per heavy atom. The number of pyridine rings is 2. The summed E-state index contributed by atoms with van der Waals surface area (Å²) in [5, 5.41) is 0. The summed E-state index contributed by atoms with van der Waals surface area (Å²) in [5.74, 6) is 0.250. The highest BCUT2D eigenvalue weighted by molar-refractivity contribution is 5.28. The van der Waals surface area contributed by atoms with Crippen LogP contribution in [0.3, 0.4) is 0 Å². The Hall–Kier alpha value is -1.97. The van der Waals surface area contributed by atoms with Crippen LogP contribution in [0.5, 0.6) is 0 Å². The van der Waals surface area contributed by atoms with Crippen molar-refractivity contribution in [1.82, 2.24) is 9.55 Å². The van der Waals surface area contributed by atoms with Crippen molar-refractivity contribution in [3.8, 4) is 0 Å². The zero-order chi connectivity index (χ0) is 17.0. The maximum absolute atomic E-state index is 12.9. The van der Waals surface area contributed by atoms with Crippen molar-refractivity contribution < 1.29 is 4.39 Å². The molecule has 0 spiro atoms. The number of alkyl halides is 1. The summed E-state index contributed by atoms with van der Waals surface area (Å²) < 4.78 is 14.4. The van der Waals surface area contributed by atoms with Crippen LogP contribution in [0.2, 0.25) is 0 Å². The van der Waals surface area contributed by atoms with Crippen molar-refractivity contribution in [1.29, 1.82) is 0 Å². The molecule has 124 valence electrons. The van der Waals surface area contributed by atoms with Gasteiger partial charge in [-0.2, -0.15) is 0 Å². The Kier molecular flexibility index (Phi) is 5.69. The van der Waals surface area contributed by atoms with Crippen LogP contribution < -0.4 is 5.56 Å². The third-order valence-corrected chi connectivity index (χ3v) is 4.45. The Morgan fingerprint density at radius 3 is 2.61 bits per heavy atom. The lowest BCUT2D eigenvalue weighted by molar-refractivity contribution is 0.484. The van der Waals surface area contributed by atoms with Gasteiger partial charge in [-0.05, 0) is 43.9 Å². The molecule has 4 heteroatoms. The summed E-state index contributed by atoms with van der Waals surface area (Å²) in [4.78, 5) is 17.1. The van der Waals surface area contributed by atoms with E-state index in [1.165, 1.54) is 6.20 Å². The number of nitrogens with zero attached hydrogens (tertiary/aromatic N) is 2. The second-order valence-electron chi connectivity index (χ2n) is 6.24. The molecule has 23 heavy (non-hydrogen) atoms. The molecule has 0 amide bonds. The summed E-state index contributed by atoms with van der Waals surface area (Å²) >= 11 is 0. The molecule has 0 aromatic carbocycles. The molecule has 0 fully saturated rings. The molecule has 3 nitrogen and oxygen atoms in total. The molecule has 0 aliphatic heterocycles. The van der Waals surface area contributed by atoms with E-state index in [0.717, 1.165) is 35.4 Å². The molecule has 1 atom stereocenters. The number of hydrogen-bond acceptors (Lipinski definition) is 2. The minimum atomic E-state index is -0.518. The SMILES string of the molecule is CCCC(C)c1cc(C)c(C)n(Cc2ccc(CF)cn2)c1=O. The first-order valence-corrected chi connectivity index (χ1v) is 8.18. The normalized spacial score (nSPS) is 12.4. The Labute approximate surface area is 137 Å². The van der Waals surface area contributed by atoms with Crippen molar-refractivity contribution in [3.05, 3.63) is 62.8 Å². The zero-order valence-corrected chi connectivity index (χ0v) is 14.4. The first-order chi connectivity index (χ1) is 11.0. The van der Waals surface area contributed by atoms with E-state index in [1.807, 2.05) is 19.9 Å². The van der Waals surface area contributed by atoms with E-state index in [1.54, 1.807) is 16.7 Å². The van der Waals surface area contributed by atoms with Gasteiger partial charge in [0.15, 0.2) is 0 Å². The molecule has 0 radical (unpaired) electrons. The van der Waals surface area contributed by atoms with Crippen molar-refractivity contribution in [2.75, 3.05) is 0 Å². The monoisotopic (exact) mass is 316 g/mol. The van der Waals surface area contributed by atoms with Crippen LogP contribution in [0.1, 0.15) is 60.7 Å². The second-order valence-corrected chi connectivity index (χ2v) is 6.24. The van der Waals surface area contributed by atoms with Crippen molar-refractivity contribution in [2.45, 2.75) is 59.7 Å². The van der Waals surface area contributed by atoms with Crippen molar-refractivity contribution in [2.24, 2.45) is 0 Å². The smallest absolute Gasteiger partial charge is 0.254 e. The van der Waals surface area contributed by atoms with Gasteiger partial charge in [0.2, 0.25) is 0 Å². The Bertz CT molecular complexity index is 719. The number of halogens is 1. The predicted octanol–water partition coefficient (Wildman–Crippen LogP) is 4.28. The van der Waals surface area contributed by atoms with Crippen LogP contribution >= 0.6 is 0 Å². The van der Waals surface area contributed by atoms with Gasteiger partial charge in [0.25, 0.3) is 5.56 Å². The molecule has 2 rings (SSSR count). The highest BCUT2D eigenvalue weighted by Crippen LogP contribution is 2.20. The van der Waals surface area contributed by atoms with Gasteiger partial charge in [0.05, 0.1) is 12.2 Å². The minimum Gasteiger partial charge on any atom is -0.306 e. The van der Waals surface area contributed by atoms with E-state index in [0.29, 0.717) is 12.1 Å². The molecule has 0 saturated carbocycles. The fourth-order valence-electron chi connectivity index (χ4n) is 2.84. The lowest BCUT2D eigenvalue weighted by Gasteiger charge is -2.17. The topological polar surface area (TPSA) is 34.9 Å². The molecular weight excluding hydrogens is 291 g/mol. The quantitative estimate of drug-likeness (QED) is 0.797. The number of aromatic nitrogens is 2. The van der Waals surface area contributed by atoms with E-state index in [-0.39, 0.29) is 11.5 Å². The minimum absolute atomic E-state index is 0.0606. The fraction of sp³-hybridized carbons (Fsp3) is 0.474. The van der Waals surface area contributed by atoms with Crippen molar-refractivity contribution in [3.63, 3.8) is 0 Å². The molecule has 1 unspecified atom stereocenters. The molecule has 0 bridgehead atoms. The van der Waals surface area contributed by atoms with Gasteiger partial charge in [-0.1, -0.05) is 26.3 Å². The number of aryl methyl sites for hydroxylation is 1. The van der Waals surface area contributed by atoms with E-state index < -0.39 is 6.67 Å². The third-order valence-electron chi connectivity index (χ3n) is 4.45. The predicted molar refractivity (Wildman–Crippen MR) is 91.7 cm³/mol. The molecule has 0 aliphatic rings. The van der Waals surface area contributed by atoms with Gasteiger partial charge in [0, 0.05) is 23.0 Å². The van der Waals surface area contributed by atoms with Gasteiger partial charge in [-0.15, -0.1) is 0 Å². The Morgan fingerprint density at radius 2 is 2.04 bits per heavy atom. The van der Waals surface area contributed by atoms with E-state index in [4.69, 9.17) is 0 Å². The molecule has 0 saturated heterocycles. The largest absolute Gasteiger partial charge is 0.306 e. The van der Waals surface area contributed by atoms with Crippen LogP contribution in [-0.2, 0) is 13.2 Å². The van der Waals surface area contributed by atoms with Crippen molar-refractivity contribution >= 4 is 0 Å². The standard InChI is InChI=1S/C19H25FN2O/c1-5-6-13(2)18-9-14(3)15(4)22(19(18)23)12-17-8-7-16(10-20)11-21-17/h7-9,11,13H,5-6,10,12H2,1-4H3. The molecule has 2 aromatic rings.